The molecule has 3 rings (SSSR count). The van der Waals surface area contributed by atoms with Crippen LogP contribution in [0.5, 0.6) is 11.5 Å². The number of hydrogen-bond acceptors (Lipinski definition) is 6. The monoisotopic (exact) mass is 441 g/mol. The molecule has 0 spiro atoms. The minimum absolute atomic E-state index is 0.0780. The van der Waals surface area contributed by atoms with E-state index in [2.05, 4.69) is 10.6 Å². The van der Waals surface area contributed by atoms with Gasteiger partial charge in [-0.2, -0.15) is 0 Å². The summed E-state index contributed by atoms with van der Waals surface area (Å²) in [4.78, 5) is 39.1. The molecular weight excluding hydrogens is 414 g/mol. The summed E-state index contributed by atoms with van der Waals surface area (Å²) in [6, 6.07) is 11.9. The van der Waals surface area contributed by atoms with Gasteiger partial charge in [-0.05, 0) is 12.1 Å². The number of rotatable bonds is 9. The number of carbonyl (C=O) groups is 3. The van der Waals surface area contributed by atoms with Gasteiger partial charge in [0.05, 0.1) is 38.1 Å². The molecule has 1 saturated heterocycles. The van der Waals surface area contributed by atoms with Crippen molar-refractivity contribution < 1.29 is 28.6 Å². The van der Waals surface area contributed by atoms with Gasteiger partial charge in [-0.1, -0.05) is 18.2 Å². The van der Waals surface area contributed by atoms with Crippen molar-refractivity contribution in [1.82, 2.24) is 4.90 Å². The van der Waals surface area contributed by atoms with Crippen molar-refractivity contribution in [2.24, 2.45) is 5.92 Å². The largest absolute Gasteiger partial charge is 0.494 e. The van der Waals surface area contributed by atoms with Gasteiger partial charge in [-0.15, -0.1) is 0 Å². The molecular formula is C23H27N3O6. The standard InChI is InChI=1S/C23H27N3O6/c1-30-10-9-26-14-16(11-21(26)27)23(29)25-18-13-19(31-2)17(12-20(18)32-3)24-22(28)15-7-5-4-6-8-15/h4-8,12-13,16H,9-11,14H2,1-3H3,(H,24,28)(H,25,29). The Bertz CT molecular complexity index is 979. The number of anilines is 2. The topological polar surface area (TPSA) is 106 Å². The van der Waals surface area contributed by atoms with Gasteiger partial charge in [0, 0.05) is 44.3 Å². The van der Waals surface area contributed by atoms with Crippen molar-refractivity contribution >= 4 is 29.1 Å². The first-order valence-corrected chi connectivity index (χ1v) is 10.2. The summed E-state index contributed by atoms with van der Waals surface area (Å²) in [5.41, 5.74) is 1.28. The van der Waals surface area contributed by atoms with Crippen LogP contribution in [0.1, 0.15) is 16.8 Å². The molecule has 2 aromatic rings. The van der Waals surface area contributed by atoms with Crippen LogP contribution < -0.4 is 20.1 Å². The van der Waals surface area contributed by atoms with Gasteiger partial charge in [0.25, 0.3) is 5.91 Å². The molecule has 1 unspecified atom stereocenters. The molecule has 9 heteroatoms. The molecule has 1 aliphatic rings. The zero-order valence-electron chi connectivity index (χ0n) is 18.3. The molecule has 0 aliphatic carbocycles. The van der Waals surface area contributed by atoms with E-state index < -0.39 is 5.92 Å². The quantitative estimate of drug-likeness (QED) is 0.619. The smallest absolute Gasteiger partial charge is 0.255 e. The molecule has 3 amide bonds. The van der Waals surface area contributed by atoms with E-state index in [1.165, 1.54) is 14.2 Å². The molecule has 1 aliphatic heterocycles. The first-order valence-electron chi connectivity index (χ1n) is 10.2. The first-order chi connectivity index (χ1) is 15.5. The number of benzene rings is 2. The number of hydrogen-bond donors (Lipinski definition) is 2. The average molecular weight is 441 g/mol. The lowest BCUT2D eigenvalue weighted by Gasteiger charge is -2.18. The van der Waals surface area contributed by atoms with Crippen LogP contribution in [-0.4, -0.2) is 63.6 Å². The molecule has 1 atom stereocenters. The Hall–Kier alpha value is -3.59. The second kappa shape index (κ2) is 10.6. The summed E-state index contributed by atoms with van der Waals surface area (Å²) < 4.78 is 15.8. The zero-order chi connectivity index (χ0) is 23.1. The number of likely N-dealkylation sites (tertiary alicyclic amines) is 1. The summed E-state index contributed by atoms with van der Waals surface area (Å²) in [6.45, 7) is 1.20. The molecule has 0 aromatic heterocycles. The predicted molar refractivity (Wildman–Crippen MR) is 119 cm³/mol. The van der Waals surface area contributed by atoms with E-state index in [1.54, 1.807) is 48.4 Å². The van der Waals surface area contributed by atoms with Crippen molar-refractivity contribution in [3.63, 3.8) is 0 Å². The number of nitrogens with zero attached hydrogens (tertiary/aromatic N) is 1. The zero-order valence-corrected chi connectivity index (χ0v) is 18.3. The fraction of sp³-hybridized carbons (Fsp3) is 0.348. The highest BCUT2D eigenvalue weighted by Gasteiger charge is 2.34. The molecule has 0 saturated carbocycles. The Kier molecular flexibility index (Phi) is 7.67. The van der Waals surface area contributed by atoms with E-state index in [1.807, 2.05) is 6.07 Å². The molecule has 0 bridgehead atoms. The van der Waals surface area contributed by atoms with Gasteiger partial charge in [0.15, 0.2) is 0 Å². The van der Waals surface area contributed by atoms with Crippen molar-refractivity contribution in [2.45, 2.75) is 6.42 Å². The number of methoxy groups -OCH3 is 3. The van der Waals surface area contributed by atoms with Crippen molar-refractivity contribution in [1.29, 1.82) is 0 Å². The normalized spacial score (nSPS) is 15.4. The van der Waals surface area contributed by atoms with Gasteiger partial charge in [-0.25, -0.2) is 0 Å². The predicted octanol–water partition coefficient (Wildman–Crippen LogP) is 2.39. The van der Waals surface area contributed by atoms with Gasteiger partial charge in [-0.3, -0.25) is 14.4 Å². The molecule has 9 nitrogen and oxygen atoms in total. The van der Waals surface area contributed by atoms with Crippen molar-refractivity contribution in [2.75, 3.05) is 51.7 Å². The maximum absolute atomic E-state index is 12.8. The molecule has 32 heavy (non-hydrogen) atoms. The van der Waals surface area contributed by atoms with E-state index in [0.717, 1.165) is 0 Å². The van der Waals surface area contributed by atoms with E-state index in [0.29, 0.717) is 48.1 Å². The second-order valence-corrected chi connectivity index (χ2v) is 7.30. The average Bonchev–Trinajstić information content (AvgIpc) is 3.19. The second-order valence-electron chi connectivity index (χ2n) is 7.30. The summed E-state index contributed by atoms with van der Waals surface area (Å²) in [7, 11) is 4.50. The van der Waals surface area contributed by atoms with E-state index in [4.69, 9.17) is 14.2 Å². The van der Waals surface area contributed by atoms with Gasteiger partial charge in [0.2, 0.25) is 11.8 Å². The van der Waals surface area contributed by atoms with Crippen LogP contribution in [0.25, 0.3) is 0 Å². The summed E-state index contributed by atoms with van der Waals surface area (Å²) in [5, 5.41) is 5.62. The maximum Gasteiger partial charge on any atom is 0.255 e. The summed E-state index contributed by atoms with van der Waals surface area (Å²) >= 11 is 0. The summed E-state index contributed by atoms with van der Waals surface area (Å²) in [6.07, 6.45) is 0.139. The van der Waals surface area contributed by atoms with Crippen LogP contribution in [0.4, 0.5) is 11.4 Å². The van der Waals surface area contributed by atoms with Gasteiger partial charge >= 0.3 is 0 Å². The van der Waals surface area contributed by atoms with E-state index >= 15 is 0 Å². The molecule has 2 N–H and O–H groups in total. The van der Waals surface area contributed by atoms with Crippen LogP contribution in [0.2, 0.25) is 0 Å². The third kappa shape index (κ3) is 5.36. The highest BCUT2D eigenvalue weighted by molar-refractivity contribution is 6.06. The Balaban J connectivity index is 1.75. The molecule has 0 radical (unpaired) electrons. The van der Waals surface area contributed by atoms with Crippen molar-refractivity contribution in [3.8, 4) is 11.5 Å². The van der Waals surface area contributed by atoms with Crippen LogP contribution in [-0.2, 0) is 14.3 Å². The molecule has 1 heterocycles. The van der Waals surface area contributed by atoms with E-state index in [9.17, 15) is 14.4 Å². The van der Waals surface area contributed by atoms with Crippen LogP contribution in [0.15, 0.2) is 42.5 Å². The lowest BCUT2D eigenvalue weighted by Crippen LogP contribution is -2.30. The fourth-order valence-electron chi connectivity index (χ4n) is 3.48. The lowest BCUT2D eigenvalue weighted by molar-refractivity contribution is -0.128. The Morgan fingerprint density at radius 3 is 2.22 bits per heavy atom. The highest BCUT2D eigenvalue weighted by atomic mass is 16.5. The van der Waals surface area contributed by atoms with Crippen LogP contribution in [0.3, 0.4) is 0 Å². The van der Waals surface area contributed by atoms with Crippen molar-refractivity contribution in [3.05, 3.63) is 48.0 Å². The Morgan fingerprint density at radius 2 is 1.62 bits per heavy atom. The molecule has 170 valence electrons. The molecule has 1 fully saturated rings. The van der Waals surface area contributed by atoms with Gasteiger partial charge < -0.3 is 29.7 Å². The lowest BCUT2D eigenvalue weighted by atomic mass is 10.1. The van der Waals surface area contributed by atoms with Crippen LogP contribution in [0, 0.1) is 5.92 Å². The van der Waals surface area contributed by atoms with E-state index in [-0.39, 0.29) is 24.1 Å². The highest BCUT2D eigenvalue weighted by Crippen LogP contribution is 2.37. The third-order valence-electron chi connectivity index (χ3n) is 5.21. The van der Waals surface area contributed by atoms with Gasteiger partial charge in [0.1, 0.15) is 11.5 Å². The minimum atomic E-state index is -0.479. The minimum Gasteiger partial charge on any atom is -0.494 e. The fourth-order valence-corrected chi connectivity index (χ4v) is 3.48. The Labute approximate surface area is 186 Å². The summed E-state index contributed by atoms with van der Waals surface area (Å²) in [5.74, 6) is -0.445. The Morgan fingerprint density at radius 1 is 1.00 bits per heavy atom. The number of ether oxygens (including phenoxy) is 3. The SMILES string of the molecule is COCCN1CC(C(=O)Nc2cc(OC)c(NC(=O)c3ccccc3)cc2OC)CC1=O. The number of amides is 3. The maximum atomic E-state index is 12.8. The molecule has 2 aromatic carbocycles. The number of nitrogens with one attached hydrogen (secondary N) is 2. The number of carbonyl (C=O) groups excluding carboxylic acids is 3. The van der Waals surface area contributed by atoms with Crippen LogP contribution >= 0.6 is 0 Å². The third-order valence-corrected chi connectivity index (χ3v) is 5.21. The first kappa shape index (κ1) is 23.1.